The zero-order chi connectivity index (χ0) is 13.8. The van der Waals surface area contributed by atoms with E-state index in [1.54, 1.807) is 18.2 Å². The lowest BCUT2D eigenvalue weighted by Crippen LogP contribution is -2.43. The van der Waals surface area contributed by atoms with E-state index in [4.69, 9.17) is 15.3 Å². The number of methoxy groups -OCH3 is 1. The van der Waals surface area contributed by atoms with E-state index >= 15 is 0 Å². The van der Waals surface area contributed by atoms with E-state index in [1.165, 1.54) is 7.11 Å². The summed E-state index contributed by atoms with van der Waals surface area (Å²) in [6, 6.07) is 5.18. The summed E-state index contributed by atoms with van der Waals surface area (Å²) < 4.78 is 24.6. The molecule has 1 saturated heterocycles. The number of nitrogens with one attached hydrogen (secondary N) is 1. The number of nitrogens with two attached hydrogens (primary N) is 1. The summed E-state index contributed by atoms with van der Waals surface area (Å²) in [5.74, 6) is 5.88. The first-order valence-electron chi connectivity index (χ1n) is 6.54. The maximum absolute atomic E-state index is 14.1. The lowest BCUT2D eigenvalue weighted by atomic mass is 9.92. The highest BCUT2D eigenvalue weighted by Gasteiger charge is 2.29. The standard InChI is InChI=1S/C14H21FN2O2/c1-9-6-11(8-19-9)12(17-16)7-10-4-3-5-13(18-2)14(10)15/h3-5,9,11-12,17H,6-8,16H2,1-2H3. The summed E-state index contributed by atoms with van der Waals surface area (Å²) in [6.07, 6.45) is 1.72. The van der Waals surface area contributed by atoms with Gasteiger partial charge in [0.1, 0.15) is 0 Å². The van der Waals surface area contributed by atoms with Crippen LogP contribution in [0.1, 0.15) is 18.9 Å². The Morgan fingerprint density at radius 1 is 1.58 bits per heavy atom. The van der Waals surface area contributed by atoms with Crippen molar-refractivity contribution >= 4 is 0 Å². The zero-order valence-corrected chi connectivity index (χ0v) is 11.4. The van der Waals surface area contributed by atoms with Crippen LogP contribution < -0.4 is 16.0 Å². The summed E-state index contributed by atoms with van der Waals surface area (Å²) in [7, 11) is 1.47. The normalized spacial score (nSPS) is 24.4. The van der Waals surface area contributed by atoms with Gasteiger partial charge in [0.15, 0.2) is 11.6 Å². The van der Waals surface area contributed by atoms with Gasteiger partial charge in [-0.05, 0) is 31.4 Å². The number of hydrogen-bond acceptors (Lipinski definition) is 4. The van der Waals surface area contributed by atoms with Crippen molar-refractivity contribution in [2.24, 2.45) is 11.8 Å². The maximum atomic E-state index is 14.1. The molecule has 4 nitrogen and oxygen atoms in total. The van der Waals surface area contributed by atoms with Crippen LogP contribution in [-0.4, -0.2) is 25.9 Å². The Morgan fingerprint density at radius 2 is 2.37 bits per heavy atom. The molecule has 0 amide bonds. The molecular formula is C14H21FN2O2. The van der Waals surface area contributed by atoms with Gasteiger partial charge < -0.3 is 9.47 Å². The molecule has 1 aromatic rings. The quantitative estimate of drug-likeness (QED) is 0.629. The van der Waals surface area contributed by atoms with Crippen LogP contribution in [0.4, 0.5) is 4.39 Å². The summed E-state index contributed by atoms with van der Waals surface area (Å²) in [5.41, 5.74) is 3.40. The van der Waals surface area contributed by atoms with Gasteiger partial charge in [-0.15, -0.1) is 0 Å². The Balaban J connectivity index is 2.10. The summed E-state index contributed by atoms with van der Waals surface area (Å²) in [5, 5.41) is 0. The molecule has 3 N–H and O–H groups in total. The molecule has 1 fully saturated rings. The number of benzene rings is 1. The summed E-state index contributed by atoms with van der Waals surface area (Å²) in [4.78, 5) is 0. The number of halogens is 1. The monoisotopic (exact) mass is 268 g/mol. The van der Waals surface area contributed by atoms with Gasteiger partial charge in [-0.1, -0.05) is 12.1 Å². The van der Waals surface area contributed by atoms with Gasteiger partial charge in [-0.2, -0.15) is 0 Å². The predicted molar refractivity (Wildman–Crippen MR) is 71.3 cm³/mol. The van der Waals surface area contributed by atoms with E-state index in [-0.39, 0.29) is 23.7 Å². The van der Waals surface area contributed by atoms with Gasteiger partial charge in [0.05, 0.1) is 19.8 Å². The molecule has 1 aliphatic rings. The summed E-state index contributed by atoms with van der Waals surface area (Å²) >= 11 is 0. The van der Waals surface area contributed by atoms with Crippen molar-refractivity contribution < 1.29 is 13.9 Å². The van der Waals surface area contributed by atoms with E-state index in [1.807, 2.05) is 6.92 Å². The van der Waals surface area contributed by atoms with Crippen molar-refractivity contribution in [3.8, 4) is 5.75 Å². The van der Waals surface area contributed by atoms with E-state index in [0.717, 1.165) is 6.42 Å². The Kier molecular flexibility index (Phi) is 4.74. The molecule has 0 aliphatic carbocycles. The van der Waals surface area contributed by atoms with Crippen LogP contribution in [0.5, 0.6) is 5.75 Å². The van der Waals surface area contributed by atoms with Crippen molar-refractivity contribution in [3.63, 3.8) is 0 Å². The number of ether oxygens (including phenoxy) is 2. The van der Waals surface area contributed by atoms with Crippen molar-refractivity contribution in [1.29, 1.82) is 0 Å². The smallest absolute Gasteiger partial charge is 0.168 e. The topological polar surface area (TPSA) is 56.5 Å². The minimum Gasteiger partial charge on any atom is -0.494 e. The van der Waals surface area contributed by atoms with Gasteiger partial charge in [0.25, 0.3) is 0 Å². The second-order valence-corrected chi connectivity index (χ2v) is 5.05. The number of hydrogen-bond donors (Lipinski definition) is 2. The first kappa shape index (κ1) is 14.2. The molecule has 1 aromatic carbocycles. The second kappa shape index (κ2) is 6.32. The highest BCUT2D eigenvalue weighted by atomic mass is 19.1. The average Bonchev–Trinajstić information content (AvgIpc) is 2.84. The van der Waals surface area contributed by atoms with E-state index < -0.39 is 0 Å². The van der Waals surface area contributed by atoms with Crippen LogP contribution in [0.25, 0.3) is 0 Å². The molecule has 5 heteroatoms. The third-order valence-corrected chi connectivity index (χ3v) is 3.72. The highest BCUT2D eigenvalue weighted by Crippen LogP contribution is 2.26. The van der Waals surface area contributed by atoms with Crippen LogP contribution in [0, 0.1) is 11.7 Å². The first-order valence-corrected chi connectivity index (χ1v) is 6.54. The van der Waals surface area contributed by atoms with Crippen molar-refractivity contribution in [2.45, 2.75) is 31.9 Å². The third kappa shape index (κ3) is 3.23. The molecule has 1 heterocycles. The van der Waals surface area contributed by atoms with Crippen LogP contribution in [0.2, 0.25) is 0 Å². The van der Waals surface area contributed by atoms with E-state index in [9.17, 15) is 4.39 Å². The Labute approximate surface area is 113 Å². The van der Waals surface area contributed by atoms with Crippen LogP contribution in [-0.2, 0) is 11.2 Å². The minimum absolute atomic E-state index is 0.00607. The Hall–Kier alpha value is -1.17. The van der Waals surface area contributed by atoms with Crippen LogP contribution >= 0.6 is 0 Å². The van der Waals surface area contributed by atoms with E-state index in [2.05, 4.69) is 5.43 Å². The molecular weight excluding hydrogens is 247 g/mol. The first-order chi connectivity index (χ1) is 9.15. The average molecular weight is 268 g/mol. The molecule has 2 rings (SSSR count). The van der Waals surface area contributed by atoms with Gasteiger partial charge in [0.2, 0.25) is 0 Å². The largest absolute Gasteiger partial charge is 0.494 e. The fourth-order valence-corrected chi connectivity index (χ4v) is 2.60. The fourth-order valence-electron chi connectivity index (χ4n) is 2.60. The molecule has 0 saturated carbocycles. The van der Waals surface area contributed by atoms with Gasteiger partial charge in [-0.3, -0.25) is 11.3 Å². The fraction of sp³-hybridized carbons (Fsp3) is 0.571. The molecule has 3 unspecified atom stereocenters. The van der Waals surface area contributed by atoms with Gasteiger partial charge in [-0.25, -0.2) is 4.39 Å². The van der Waals surface area contributed by atoms with Gasteiger partial charge in [0, 0.05) is 12.0 Å². The van der Waals surface area contributed by atoms with Crippen LogP contribution in [0.3, 0.4) is 0 Å². The Bertz CT molecular complexity index is 428. The maximum Gasteiger partial charge on any atom is 0.168 e. The molecule has 0 aromatic heterocycles. The lowest BCUT2D eigenvalue weighted by molar-refractivity contribution is 0.116. The van der Waals surface area contributed by atoms with Crippen molar-refractivity contribution in [3.05, 3.63) is 29.6 Å². The summed E-state index contributed by atoms with van der Waals surface area (Å²) in [6.45, 7) is 2.71. The molecule has 3 atom stereocenters. The SMILES string of the molecule is COc1cccc(CC(NN)C2COC(C)C2)c1F. The third-order valence-electron chi connectivity index (χ3n) is 3.72. The van der Waals surface area contributed by atoms with Gasteiger partial charge >= 0.3 is 0 Å². The van der Waals surface area contributed by atoms with Crippen molar-refractivity contribution in [1.82, 2.24) is 5.43 Å². The number of hydrazine groups is 1. The Morgan fingerprint density at radius 3 is 2.95 bits per heavy atom. The molecule has 0 bridgehead atoms. The van der Waals surface area contributed by atoms with Crippen LogP contribution in [0.15, 0.2) is 18.2 Å². The second-order valence-electron chi connectivity index (χ2n) is 5.05. The highest BCUT2D eigenvalue weighted by molar-refractivity contribution is 5.31. The van der Waals surface area contributed by atoms with E-state index in [0.29, 0.717) is 24.5 Å². The minimum atomic E-state index is -0.308. The molecule has 0 radical (unpaired) electrons. The molecule has 0 spiro atoms. The molecule has 19 heavy (non-hydrogen) atoms. The predicted octanol–water partition coefficient (Wildman–Crippen LogP) is 1.63. The lowest BCUT2D eigenvalue weighted by Gasteiger charge is -2.22. The molecule has 106 valence electrons. The van der Waals surface area contributed by atoms with Crippen molar-refractivity contribution in [2.75, 3.05) is 13.7 Å². The number of rotatable bonds is 5. The molecule has 1 aliphatic heterocycles. The zero-order valence-electron chi connectivity index (χ0n) is 11.4.